The number of carbonyl (C=O) groups is 1. The van der Waals surface area contributed by atoms with Gasteiger partial charge in [0.2, 0.25) is 0 Å². The Morgan fingerprint density at radius 1 is 1.19 bits per heavy atom. The smallest absolute Gasteiger partial charge is 0.416 e. The van der Waals surface area contributed by atoms with Crippen LogP contribution in [0.15, 0.2) is 24.3 Å². The van der Waals surface area contributed by atoms with E-state index in [1.165, 1.54) is 0 Å². The molecule has 0 amide bonds. The monoisotopic (exact) mass is 302 g/mol. The van der Waals surface area contributed by atoms with Crippen LogP contribution in [0, 0.1) is 5.92 Å². The maximum absolute atomic E-state index is 12.4. The SMILES string of the molecule is O=C(OCCC1CCOCC1)c1ccc(C(F)(F)F)cc1. The highest BCUT2D eigenvalue weighted by Gasteiger charge is 2.30. The van der Waals surface area contributed by atoms with E-state index in [-0.39, 0.29) is 12.2 Å². The Kier molecular flexibility index (Phi) is 5.22. The number of halogens is 3. The third-order valence-corrected chi connectivity index (χ3v) is 3.55. The zero-order valence-corrected chi connectivity index (χ0v) is 11.5. The Labute approximate surface area is 121 Å². The number of esters is 1. The Morgan fingerprint density at radius 3 is 2.38 bits per heavy atom. The summed E-state index contributed by atoms with van der Waals surface area (Å²) in [6, 6.07) is 4.04. The summed E-state index contributed by atoms with van der Waals surface area (Å²) in [5.74, 6) is -0.102. The first-order chi connectivity index (χ1) is 9.97. The fourth-order valence-corrected chi connectivity index (χ4v) is 2.23. The van der Waals surface area contributed by atoms with Crippen LogP contribution >= 0.6 is 0 Å². The molecular weight excluding hydrogens is 285 g/mol. The van der Waals surface area contributed by atoms with Gasteiger partial charge in [0.15, 0.2) is 0 Å². The third kappa shape index (κ3) is 4.74. The van der Waals surface area contributed by atoms with Crippen LogP contribution in [-0.4, -0.2) is 25.8 Å². The number of ether oxygens (including phenoxy) is 2. The molecule has 21 heavy (non-hydrogen) atoms. The molecule has 0 radical (unpaired) electrons. The first-order valence-corrected chi connectivity index (χ1v) is 6.89. The second-order valence-corrected chi connectivity index (χ2v) is 5.06. The van der Waals surface area contributed by atoms with E-state index < -0.39 is 17.7 Å². The predicted molar refractivity (Wildman–Crippen MR) is 69.9 cm³/mol. The molecule has 1 aromatic carbocycles. The molecule has 3 nitrogen and oxygen atoms in total. The summed E-state index contributed by atoms with van der Waals surface area (Å²) in [5.41, 5.74) is -0.642. The van der Waals surface area contributed by atoms with Gasteiger partial charge in [-0.1, -0.05) is 0 Å². The number of benzene rings is 1. The van der Waals surface area contributed by atoms with Gasteiger partial charge in [0, 0.05) is 13.2 Å². The largest absolute Gasteiger partial charge is 0.462 e. The van der Waals surface area contributed by atoms with Crippen molar-refractivity contribution in [1.29, 1.82) is 0 Å². The van der Waals surface area contributed by atoms with E-state index in [4.69, 9.17) is 9.47 Å². The van der Waals surface area contributed by atoms with Crippen molar-refractivity contribution < 1.29 is 27.4 Å². The lowest BCUT2D eigenvalue weighted by Gasteiger charge is -2.21. The normalized spacial score (nSPS) is 16.7. The summed E-state index contributed by atoms with van der Waals surface area (Å²) in [4.78, 5) is 11.7. The number of alkyl halides is 3. The van der Waals surface area contributed by atoms with Crippen LogP contribution in [0.25, 0.3) is 0 Å². The highest BCUT2D eigenvalue weighted by molar-refractivity contribution is 5.89. The minimum absolute atomic E-state index is 0.134. The Bertz CT molecular complexity index is 462. The fourth-order valence-electron chi connectivity index (χ4n) is 2.23. The van der Waals surface area contributed by atoms with E-state index in [2.05, 4.69) is 0 Å². The minimum atomic E-state index is -4.40. The lowest BCUT2D eigenvalue weighted by Crippen LogP contribution is -2.18. The van der Waals surface area contributed by atoms with Crippen LogP contribution in [0.2, 0.25) is 0 Å². The van der Waals surface area contributed by atoms with Crippen LogP contribution in [0.5, 0.6) is 0 Å². The number of hydrogen-bond donors (Lipinski definition) is 0. The van der Waals surface area contributed by atoms with Gasteiger partial charge >= 0.3 is 12.1 Å². The van der Waals surface area contributed by atoms with Gasteiger partial charge < -0.3 is 9.47 Å². The molecule has 0 aromatic heterocycles. The number of carbonyl (C=O) groups excluding carboxylic acids is 1. The summed E-state index contributed by atoms with van der Waals surface area (Å²) in [6.45, 7) is 1.75. The molecule has 0 spiro atoms. The van der Waals surface area contributed by atoms with Crippen molar-refractivity contribution in [2.75, 3.05) is 19.8 Å². The van der Waals surface area contributed by atoms with E-state index in [9.17, 15) is 18.0 Å². The molecule has 1 aromatic rings. The molecular formula is C15H17F3O3. The van der Waals surface area contributed by atoms with Crippen molar-refractivity contribution >= 4 is 5.97 Å². The molecule has 116 valence electrons. The van der Waals surface area contributed by atoms with Gasteiger partial charge in [-0.25, -0.2) is 4.79 Å². The zero-order valence-electron chi connectivity index (χ0n) is 11.5. The molecule has 2 rings (SSSR count). The average molecular weight is 302 g/mol. The molecule has 1 saturated heterocycles. The summed E-state index contributed by atoms with van der Waals surface area (Å²) in [5, 5.41) is 0. The van der Waals surface area contributed by atoms with Gasteiger partial charge in [0.05, 0.1) is 17.7 Å². The van der Waals surface area contributed by atoms with Crippen LogP contribution in [0.3, 0.4) is 0 Å². The molecule has 1 aliphatic rings. The maximum Gasteiger partial charge on any atom is 0.416 e. The van der Waals surface area contributed by atoms with Crippen molar-refractivity contribution in [3.05, 3.63) is 35.4 Å². The standard InChI is InChI=1S/C15H17F3O3/c16-15(17,18)13-3-1-12(2-4-13)14(19)21-10-7-11-5-8-20-9-6-11/h1-4,11H,5-10H2. The Balaban J connectivity index is 1.80. The summed E-state index contributed by atoms with van der Waals surface area (Å²) in [6.07, 6.45) is -1.73. The number of hydrogen-bond acceptors (Lipinski definition) is 3. The van der Waals surface area contributed by atoms with Crippen molar-refractivity contribution in [1.82, 2.24) is 0 Å². The molecule has 0 bridgehead atoms. The Morgan fingerprint density at radius 2 is 1.81 bits per heavy atom. The summed E-state index contributed by atoms with van der Waals surface area (Å²) in [7, 11) is 0. The van der Waals surface area contributed by atoms with Gasteiger partial charge in [-0.15, -0.1) is 0 Å². The van der Waals surface area contributed by atoms with Gasteiger partial charge in [0.25, 0.3) is 0 Å². The third-order valence-electron chi connectivity index (χ3n) is 3.55. The van der Waals surface area contributed by atoms with E-state index in [1.807, 2.05) is 0 Å². The predicted octanol–water partition coefficient (Wildman–Crippen LogP) is 3.68. The van der Waals surface area contributed by atoms with Crippen molar-refractivity contribution in [3.63, 3.8) is 0 Å². The fraction of sp³-hybridized carbons (Fsp3) is 0.533. The second kappa shape index (κ2) is 6.93. The van der Waals surface area contributed by atoms with Crippen molar-refractivity contribution in [3.8, 4) is 0 Å². The van der Waals surface area contributed by atoms with E-state index in [0.29, 0.717) is 5.92 Å². The quantitative estimate of drug-likeness (QED) is 0.796. The van der Waals surface area contributed by atoms with Crippen LogP contribution < -0.4 is 0 Å². The first-order valence-electron chi connectivity index (χ1n) is 6.89. The zero-order chi connectivity index (χ0) is 15.3. The lowest BCUT2D eigenvalue weighted by atomic mass is 9.97. The van der Waals surface area contributed by atoms with Gasteiger partial charge in [0.1, 0.15) is 0 Å². The molecule has 0 atom stereocenters. The van der Waals surface area contributed by atoms with E-state index in [1.54, 1.807) is 0 Å². The van der Waals surface area contributed by atoms with Crippen LogP contribution in [0.1, 0.15) is 35.2 Å². The topological polar surface area (TPSA) is 35.5 Å². The van der Waals surface area contributed by atoms with Gasteiger partial charge in [-0.3, -0.25) is 0 Å². The summed E-state index contributed by atoms with van der Waals surface area (Å²) < 4.78 is 47.5. The average Bonchev–Trinajstić information content (AvgIpc) is 2.47. The molecule has 1 heterocycles. The first kappa shape index (κ1) is 15.8. The second-order valence-electron chi connectivity index (χ2n) is 5.06. The molecule has 1 aliphatic heterocycles. The highest BCUT2D eigenvalue weighted by Crippen LogP contribution is 2.29. The maximum atomic E-state index is 12.4. The molecule has 6 heteroatoms. The summed E-state index contributed by atoms with van der Waals surface area (Å²) >= 11 is 0. The molecule has 1 fully saturated rings. The van der Waals surface area contributed by atoms with Crippen molar-refractivity contribution in [2.45, 2.75) is 25.4 Å². The van der Waals surface area contributed by atoms with Gasteiger partial charge in [-0.2, -0.15) is 13.2 Å². The van der Waals surface area contributed by atoms with E-state index in [0.717, 1.165) is 56.7 Å². The molecule has 0 N–H and O–H groups in total. The highest BCUT2D eigenvalue weighted by atomic mass is 19.4. The minimum Gasteiger partial charge on any atom is -0.462 e. The van der Waals surface area contributed by atoms with Crippen LogP contribution in [0.4, 0.5) is 13.2 Å². The van der Waals surface area contributed by atoms with Gasteiger partial charge in [-0.05, 0) is 49.4 Å². The molecule has 0 saturated carbocycles. The Hall–Kier alpha value is -1.56. The molecule has 0 unspecified atom stereocenters. The number of rotatable bonds is 4. The molecule has 0 aliphatic carbocycles. The lowest BCUT2D eigenvalue weighted by molar-refractivity contribution is -0.137. The van der Waals surface area contributed by atoms with Crippen LogP contribution in [-0.2, 0) is 15.7 Å². The van der Waals surface area contributed by atoms with E-state index >= 15 is 0 Å². The van der Waals surface area contributed by atoms with Crippen molar-refractivity contribution in [2.24, 2.45) is 5.92 Å².